The van der Waals surface area contributed by atoms with Crippen LogP contribution in [0.4, 0.5) is 0 Å². The third-order valence-corrected chi connectivity index (χ3v) is 2.41. The molecule has 1 atom stereocenters. The zero-order chi connectivity index (χ0) is 10.8. The number of Topliss-reactive ketones (excluding diaryl/α,β-unsaturated/α-hetero) is 1. The second-order valence-corrected chi connectivity index (χ2v) is 3.51. The third kappa shape index (κ3) is 1.92. The molecular formula is C10H12N2O3. The second-order valence-electron chi connectivity index (χ2n) is 3.51. The van der Waals surface area contributed by atoms with Crippen molar-refractivity contribution in [3.05, 3.63) is 23.7 Å². The lowest BCUT2D eigenvalue weighted by Crippen LogP contribution is -2.55. The van der Waals surface area contributed by atoms with E-state index in [1.165, 1.54) is 6.26 Å². The first-order valence-corrected chi connectivity index (χ1v) is 4.77. The molecule has 1 aromatic heterocycles. The van der Waals surface area contributed by atoms with Crippen molar-refractivity contribution in [1.29, 1.82) is 0 Å². The number of carbonyl (C=O) groups is 2. The summed E-state index contributed by atoms with van der Waals surface area (Å²) in [6, 6.07) is 1.14. The maximum Gasteiger partial charge on any atom is 0.234 e. The average molecular weight is 208 g/mol. The van der Waals surface area contributed by atoms with Crippen molar-refractivity contribution in [1.82, 2.24) is 10.6 Å². The standard InChI is InChI=1S/C10H12N2O3/c1-6-7(2-3-15-6)10(14)8-4-11-5-9(13)12-8/h2-3,8,11H,4-5H2,1H3,(H,12,13). The van der Waals surface area contributed by atoms with Crippen LogP contribution < -0.4 is 10.6 Å². The molecule has 0 saturated carbocycles. The number of ketones is 1. The minimum absolute atomic E-state index is 0.109. The molecule has 1 aromatic rings. The van der Waals surface area contributed by atoms with Crippen LogP contribution in [-0.2, 0) is 4.79 Å². The molecule has 0 spiro atoms. The van der Waals surface area contributed by atoms with Crippen LogP contribution in [0.2, 0.25) is 0 Å². The second kappa shape index (κ2) is 3.86. The van der Waals surface area contributed by atoms with E-state index in [0.29, 0.717) is 17.9 Å². The summed E-state index contributed by atoms with van der Waals surface area (Å²) < 4.78 is 5.05. The van der Waals surface area contributed by atoms with Gasteiger partial charge in [0.25, 0.3) is 0 Å². The minimum atomic E-state index is -0.484. The number of aryl methyl sites for hydroxylation is 1. The lowest BCUT2D eigenvalue weighted by atomic mass is 10.0. The molecule has 80 valence electrons. The van der Waals surface area contributed by atoms with E-state index in [4.69, 9.17) is 4.42 Å². The first kappa shape index (κ1) is 9.92. The van der Waals surface area contributed by atoms with E-state index in [1.54, 1.807) is 13.0 Å². The molecule has 15 heavy (non-hydrogen) atoms. The molecule has 1 fully saturated rings. The molecular weight excluding hydrogens is 196 g/mol. The molecule has 1 aliphatic heterocycles. The predicted octanol–water partition coefficient (Wildman–Crippen LogP) is -0.141. The first-order chi connectivity index (χ1) is 7.18. The van der Waals surface area contributed by atoms with E-state index in [1.807, 2.05) is 0 Å². The van der Waals surface area contributed by atoms with Gasteiger partial charge in [0.1, 0.15) is 11.8 Å². The molecule has 5 heteroatoms. The molecule has 0 radical (unpaired) electrons. The smallest absolute Gasteiger partial charge is 0.234 e. The van der Waals surface area contributed by atoms with Crippen molar-refractivity contribution in [3.8, 4) is 0 Å². The maximum absolute atomic E-state index is 11.9. The highest BCUT2D eigenvalue weighted by Crippen LogP contribution is 2.11. The molecule has 0 bridgehead atoms. The summed E-state index contributed by atoms with van der Waals surface area (Å²) in [7, 11) is 0. The highest BCUT2D eigenvalue weighted by molar-refractivity contribution is 6.03. The number of rotatable bonds is 2. The van der Waals surface area contributed by atoms with Gasteiger partial charge >= 0.3 is 0 Å². The van der Waals surface area contributed by atoms with Gasteiger partial charge in [-0.05, 0) is 13.0 Å². The van der Waals surface area contributed by atoms with Gasteiger partial charge in [-0.15, -0.1) is 0 Å². The number of hydrogen-bond acceptors (Lipinski definition) is 4. The van der Waals surface area contributed by atoms with Gasteiger partial charge < -0.3 is 15.1 Å². The average Bonchev–Trinajstić information content (AvgIpc) is 2.63. The van der Waals surface area contributed by atoms with Crippen LogP contribution in [0.25, 0.3) is 0 Å². The Balaban J connectivity index is 2.14. The first-order valence-electron chi connectivity index (χ1n) is 4.77. The van der Waals surface area contributed by atoms with Crippen LogP contribution >= 0.6 is 0 Å². The normalized spacial score (nSPS) is 21.1. The van der Waals surface area contributed by atoms with E-state index >= 15 is 0 Å². The third-order valence-electron chi connectivity index (χ3n) is 2.41. The number of nitrogens with one attached hydrogen (secondary N) is 2. The number of hydrogen-bond donors (Lipinski definition) is 2. The number of furan rings is 1. The summed E-state index contributed by atoms with van der Waals surface area (Å²) in [4.78, 5) is 23.0. The Morgan fingerprint density at radius 1 is 1.60 bits per heavy atom. The van der Waals surface area contributed by atoms with Gasteiger partial charge in [0, 0.05) is 6.54 Å². The van der Waals surface area contributed by atoms with E-state index in [-0.39, 0.29) is 18.2 Å². The van der Waals surface area contributed by atoms with E-state index < -0.39 is 6.04 Å². The number of carbonyl (C=O) groups excluding carboxylic acids is 2. The molecule has 1 amide bonds. The fourth-order valence-corrected chi connectivity index (χ4v) is 1.61. The summed E-state index contributed by atoms with van der Waals surface area (Å²) in [5.41, 5.74) is 0.531. The van der Waals surface area contributed by atoms with Crippen molar-refractivity contribution < 1.29 is 14.0 Å². The molecule has 1 aliphatic rings. The van der Waals surface area contributed by atoms with Crippen LogP contribution in [0.3, 0.4) is 0 Å². The lowest BCUT2D eigenvalue weighted by Gasteiger charge is -2.22. The van der Waals surface area contributed by atoms with Crippen LogP contribution in [0.5, 0.6) is 0 Å². The summed E-state index contributed by atoms with van der Waals surface area (Å²) in [6.07, 6.45) is 1.47. The van der Waals surface area contributed by atoms with Gasteiger partial charge in [0.15, 0.2) is 5.78 Å². The molecule has 1 unspecified atom stereocenters. The summed E-state index contributed by atoms with van der Waals surface area (Å²) in [5.74, 6) is 0.322. The van der Waals surface area contributed by atoms with Gasteiger partial charge in [0.05, 0.1) is 18.4 Å². The minimum Gasteiger partial charge on any atom is -0.469 e. The number of amides is 1. The van der Waals surface area contributed by atoms with E-state index in [9.17, 15) is 9.59 Å². The molecule has 0 aliphatic carbocycles. The maximum atomic E-state index is 11.9. The van der Waals surface area contributed by atoms with Crippen molar-refractivity contribution in [2.45, 2.75) is 13.0 Å². The van der Waals surface area contributed by atoms with E-state index in [0.717, 1.165) is 0 Å². The van der Waals surface area contributed by atoms with Crippen molar-refractivity contribution >= 4 is 11.7 Å². The quantitative estimate of drug-likeness (QED) is 0.663. The van der Waals surface area contributed by atoms with Gasteiger partial charge in [-0.1, -0.05) is 0 Å². The Morgan fingerprint density at radius 2 is 2.40 bits per heavy atom. The zero-order valence-corrected chi connectivity index (χ0v) is 8.37. The highest BCUT2D eigenvalue weighted by atomic mass is 16.3. The van der Waals surface area contributed by atoms with Gasteiger partial charge in [0.2, 0.25) is 5.91 Å². The fraction of sp³-hybridized carbons (Fsp3) is 0.400. The SMILES string of the molecule is Cc1occc1C(=O)C1CNCC(=O)N1. The molecule has 2 heterocycles. The van der Waals surface area contributed by atoms with Gasteiger partial charge in [-0.3, -0.25) is 9.59 Å². The summed E-state index contributed by atoms with van der Waals surface area (Å²) in [5, 5.41) is 5.52. The van der Waals surface area contributed by atoms with E-state index in [2.05, 4.69) is 10.6 Å². The zero-order valence-electron chi connectivity index (χ0n) is 8.37. The van der Waals surface area contributed by atoms with Crippen LogP contribution in [0.15, 0.2) is 16.7 Å². The van der Waals surface area contributed by atoms with Gasteiger partial charge in [-0.2, -0.15) is 0 Å². The van der Waals surface area contributed by atoms with Gasteiger partial charge in [-0.25, -0.2) is 0 Å². The Morgan fingerprint density at radius 3 is 3.00 bits per heavy atom. The number of piperazine rings is 1. The Kier molecular flexibility index (Phi) is 2.55. The Labute approximate surface area is 86.8 Å². The van der Waals surface area contributed by atoms with Crippen LogP contribution in [0.1, 0.15) is 16.1 Å². The fourth-order valence-electron chi connectivity index (χ4n) is 1.61. The van der Waals surface area contributed by atoms with Crippen molar-refractivity contribution in [2.75, 3.05) is 13.1 Å². The summed E-state index contributed by atoms with van der Waals surface area (Å²) in [6.45, 7) is 2.47. The highest BCUT2D eigenvalue weighted by Gasteiger charge is 2.26. The summed E-state index contributed by atoms with van der Waals surface area (Å²) >= 11 is 0. The largest absolute Gasteiger partial charge is 0.469 e. The molecule has 0 aromatic carbocycles. The predicted molar refractivity (Wildman–Crippen MR) is 52.6 cm³/mol. The molecule has 2 N–H and O–H groups in total. The molecule has 5 nitrogen and oxygen atoms in total. The molecule has 2 rings (SSSR count). The van der Waals surface area contributed by atoms with Crippen LogP contribution in [-0.4, -0.2) is 30.8 Å². The van der Waals surface area contributed by atoms with Crippen molar-refractivity contribution in [2.24, 2.45) is 0 Å². The van der Waals surface area contributed by atoms with Crippen LogP contribution in [0, 0.1) is 6.92 Å². The van der Waals surface area contributed by atoms with Crippen molar-refractivity contribution in [3.63, 3.8) is 0 Å². The lowest BCUT2D eigenvalue weighted by molar-refractivity contribution is -0.121. The Hall–Kier alpha value is -1.62. The molecule has 1 saturated heterocycles. The monoisotopic (exact) mass is 208 g/mol. The Bertz CT molecular complexity index is 397. The topological polar surface area (TPSA) is 71.3 Å².